The Balaban J connectivity index is 1.76. The zero-order valence-electron chi connectivity index (χ0n) is 19.6. The number of amides is 2. The second-order valence-corrected chi connectivity index (χ2v) is 10.1. The van der Waals surface area contributed by atoms with Crippen LogP contribution < -0.4 is 11.1 Å². The summed E-state index contributed by atoms with van der Waals surface area (Å²) in [5, 5.41) is 8.34. The predicted molar refractivity (Wildman–Crippen MR) is 138 cm³/mol. The van der Waals surface area contributed by atoms with Gasteiger partial charge < -0.3 is 11.1 Å². The third kappa shape index (κ3) is 3.64. The minimum atomic E-state index is -2.65. The molecule has 12 heteroatoms. The van der Waals surface area contributed by atoms with Crippen LogP contribution in [0.4, 0.5) is 13.2 Å². The predicted octanol–water partition coefficient (Wildman–Crippen LogP) is 5.38. The maximum Gasteiger partial charge on any atom is 0.269 e. The van der Waals surface area contributed by atoms with Gasteiger partial charge in [-0.1, -0.05) is 23.7 Å². The average Bonchev–Trinajstić information content (AvgIpc) is 3.54. The molecule has 0 spiro atoms. The van der Waals surface area contributed by atoms with Gasteiger partial charge in [0.2, 0.25) is 6.43 Å². The fourth-order valence-corrected chi connectivity index (χ4v) is 6.20. The molecule has 3 heterocycles. The number of aryl methyl sites for hydroxylation is 1. The Bertz CT molecular complexity index is 1820. The number of nitrogens with one attached hydrogen (secondary N) is 1. The summed E-state index contributed by atoms with van der Waals surface area (Å²) in [6.07, 6.45) is -3.23. The number of rotatable bonds is 5. The Kier molecular flexibility index (Phi) is 5.65. The topological polar surface area (TPSA) is 103 Å². The van der Waals surface area contributed by atoms with E-state index in [1.165, 1.54) is 29.9 Å². The molecular weight excluding hydrogens is 539 g/mol. The van der Waals surface area contributed by atoms with E-state index in [4.69, 9.17) is 17.3 Å². The molecule has 2 amide bonds. The summed E-state index contributed by atoms with van der Waals surface area (Å²) in [5.41, 5.74) is 8.04. The standard InChI is InChI=1S/C26H17ClF3N5O2S/c1-35-16(9-18(29)30)14-8-12(11-3-2-4-17-19(11)24(25(31)36)34-38-17)20-21(23(14)33-35)26(37)32-22(20)13-7-10(28)5-6-15(13)27/h2-8,18,22H,9H2,1H3,(H2,31,36)(H,32,37). The molecule has 0 radical (unpaired) electrons. The second-order valence-electron chi connectivity index (χ2n) is 8.92. The minimum Gasteiger partial charge on any atom is -0.364 e. The Labute approximate surface area is 222 Å². The van der Waals surface area contributed by atoms with Crippen molar-refractivity contribution in [1.29, 1.82) is 0 Å². The van der Waals surface area contributed by atoms with Crippen LogP contribution in [0.25, 0.3) is 32.1 Å². The molecular formula is C26H17ClF3N5O2S. The highest BCUT2D eigenvalue weighted by Gasteiger charge is 2.38. The van der Waals surface area contributed by atoms with Gasteiger partial charge in [-0.25, -0.2) is 13.2 Å². The zero-order chi connectivity index (χ0) is 26.9. The summed E-state index contributed by atoms with van der Waals surface area (Å²) in [4.78, 5) is 25.7. The highest BCUT2D eigenvalue weighted by atomic mass is 35.5. The molecule has 1 aliphatic rings. The van der Waals surface area contributed by atoms with Crippen molar-refractivity contribution in [1.82, 2.24) is 19.5 Å². The molecule has 192 valence electrons. The molecule has 0 aliphatic carbocycles. The van der Waals surface area contributed by atoms with Gasteiger partial charge in [-0.3, -0.25) is 14.3 Å². The van der Waals surface area contributed by atoms with E-state index < -0.39 is 36.5 Å². The third-order valence-corrected chi connectivity index (χ3v) is 7.88. The van der Waals surface area contributed by atoms with Gasteiger partial charge in [0.15, 0.2) is 0 Å². The van der Waals surface area contributed by atoms with Gasteiger partial charge >= 0.3 is 0 Å². The van der Waals surface area contributed by atoms with Crippen molar-refractivity contribution in [3.63, 3.8) is 0 Å². The van der Waals surface area contributed by atoms with Gasteiger partial charge in [-0.15, -0.1) is 0 Å². The average molecular weight is 556 g/mol. The number of halogens is 4. The molecule has 1 unspecified atom stereocenters. The number of benzene rings is 3. The third-order valence-electron chi connectivity index (χ3n) is 6.72. The van der Waals surface area contributed by atoms with Gasteiger partial charge in [-0.05, 0) is 53.0 Å². The number of hydrogen-bond donors (Lipinski definition) is 2. The number of alkyl halides is 2. The van der Waals surface area contributed by atoms with Gasteiger partial charge in [0.25, 0.3) is 11.8 Å². The number of primary amides is 1. The van der Waals surface area contributed by atoms with Crippen molar-refractivity contribution in [2.45, 2.75) is 18.9 Å². The summed E-state index contributed by atoms with van der Waals surface area (Å²) < 4.78 is 47.6. The first-order valence-electron chi connectivity index (χ1n) is 11.4. The van der Waals surface area contributed by atoms with Gasteiger partial charge in [0.05, 0.1) is 28.4 Å². The van der Waals surface area contributed by atoms with Crippen LogP contribution in [0.1, 0.15) is 43.7 Å². The van der Waals surface area contributed by atoms with E-state index in [9.17, 15) is 22.8 Å². The van der Waals surface area contributed by atoms with E-state index in [2.05, 4.69) is 14.8 Å². The molecule has 1 aliphatic heterocycles. The molecule has 7 nitrogen and oxygen atoms in total. The first kappa shape index (κ1) is 24.4. The maximum atomic E-state index is 14.3. The van der Waals surface area contributed by atoms with Crippen LogP contribution >= 0.6 is 23.1 Å². The summed E-state index contributed by atoms with van der Waals surface area (Å²) >= 11 is 7.53. The molecule has 0 saturated carbocycles. The Hall–Kier alpha value is -3.96. The Morgan fingerprint density at radius 3 is 2.76 bits per heavy atom. The molecule has 1 atom stereocenters. The van der Waals surface area contributed by atoms with Crippen LogP contribution in [0.15, 0.2) is 42.5 Å². The van der Waals surface area contributed by atoms with Crippen molar-refractivity contribution < 1.29 is 22.8 Å². The van der Waals surface area contributed by atoms with Crippen LogP contribution in [0, 0.1) is 5.82 Å². The summed E-state index contributed by atoms with van der Waals surface area (Å²) in [6.45, 7) is 0. The van der Waals surface area contributed by atoms with Crippen molar-refractivity contribution in [2.24, 2.45) is 12.8 Å². The lowest BCUT2D eigenvalue weighted by Gasteiger charge is -2.19. The van der Waals surface area contributed by atoms with Crippen LogP contribution in [-0.2, 0) is 13.5 Å². The van der Waals surface area contributed by atoms with Crippen molar-refractivity contribution in [2.75, 3.05) is 0 Å². The molecule has 0 bridgehead atoms. The Morgan fingerprint density at radius 1 is 1.24 bits per heavy atom. The van der Waals surface area contributed by atoms with E-state index in [0.717, 1.165) is 11.5 Å². The number of carbonyl (C=O) groups excluding carboxylic acids is 2. The largest absolute Gasteiger partial charge is 0.364 e. The second kappa shape index (κ2) is 8.81. The Morgan fingerprint density at radius 2 is 2.03 bits per heavy atom. The molecule has 6 rings (SSSR count). The van der Waals surface area contributed by atoms with Crippen LogP contribution in [0.3, 0.4) is 0 Å². The van der Waals surface area contributed by atoms with Gasteiger partial charge in [0, 0.05) is 34.0 Å². The highest BCUT2D eigenvalue weighted by molar-refractivity contribution is 7.13. The fraction of sp³-hybridized carbons (Fsp3) is 0.154. The van der Waals surface area contributed by atoms with E-state index in [1.807, 2.05) is 0 Å². The number of aromatic nitrogens is 3. The number of carbonyl (C=O) groups is 2. The highest BCUT2D eigenvalue weighted by Crippen LogP contribution is 2.46. The van der Waals surface area contributed by atoms with Gasteiger partial charge in [-0.2, -0.15) is 9.47 Å². The summed E-state index contributed by atoms with van der Waals surface area (Å²) in [5.74, 6) is -1.79. The molecule has 0 fully saturated rings. The lowest BCUT2D eigenvalue weighted by atomic mass is 9.86. The lowest BCUT2D eigenvalue weighted by molar-refractivity contribution is 0.0960. The van der Waals surface area contributed by atoms with E-state index in [1.54, 1.807) is 24.3 Å². The van der Waals surface area contributed by atoms with Crippen molar-refractivity contribution >= 4 is 55.9 Å². The van der Waals surface area contributed by atoms with E-state index >= 15 is 0 Å². The maximum absolute atomic E-state index is 14.3. The molecule has 38 heavy (non-hydrogen) atoms. The van der Waals surface area contributed by atoms with E-state index in [-0.39, 0.29) is 27.5 Å². The molecule has 0 saturated heterocycles. The molecule has 3 N–H and O–H groups in total. The lowest BCUT2D eigenvalue weighted by Crippen LogP contribution is -2.20. The number of nitrogens with zero attached hydrogens (tertiary/aromatic N) is 3. The first-order chi connectivity index (χ1) is 18.2. The zero-order valence-corrected chi connectivity index (χ0v) is 21.1. The van der Waals surface area contributed by atoms with E-state index in [0.29, 0.717) is 37.7 Å². The minimum absolute atomic E-state index is 0.0473. The number of nitrogens with two attached hydrogens (primary N) is 1. The number of fused-ring (bicyclic) bond motifs is 4. The normalized spacial score (nSPS) is 15.0. The molecule has 5 aromatic rings. The summed E-state index contributed by atoms with van der Waals surface area (Å²) in [6, 6.07) is 9.91. The summed E-state index contributed by atoms with van der Waals surface area (Å²) in [7, 11) is 1.53. The van der Waals surface area contributed by atoms with Crippen molar-refractivity contribution in [3.05, 3.63) is 81.4 Å². The SMILES string of the molecule is Cn1nc2c3c(c(-c4cccc5snc(C(N)=O)c45)cc2c1CC(F)F)C(c1cc(F)ccc1Cl)NC3=O. The quantitative estimate of drug-likeness (QED) is 0.304. The van der Waals surface area contributed by atoms with Crippen LogP contribution in [-0.4, -0.2) is 32.4 Å². The molecule has 3 aromatic carbocycles. The monoisotopic (exact) mass is 555 g/mol. The first-order valence-corrected chi connectivity index (χ1v) is 12.6. The number of hydrogen-bond acceptors (Lipinski definition) is 5. The van der Waals surface area contributed by atoms with Gasteiger partial charge in [0.1, 0.15) is 17.0 Å². The smallest absolute Gasteiger partial charge is 0.269 e. The molecule has 2 aromatic heterocycles. The fourth-order valence-electron chi connectivity index (χ4n) is 5.17. The van der Waals surface area contributed by atoms with Crippen LogP contribution in [0.2, 0.25) is 5.02 Å². The van der Waals surface area contributed by atoms with Crippen LogP contribution in [0.5, 0.6) is 0 Å². The van der Waals surface area contributed by atoms with Crippen molar-refractivity contribution in [3.8, 4) is 11.1 Å².